The average molecular weight is 341 g/mol. The van der Waals surface area contributed by atoms with Gasteiger partial charge in [0.15, 0.2) is 5.75 Å². The molecule has 128 valence electrons. The van der Waals surface area contributed by atoms with Crippen LogP contribution in [0.25, 0.3) is 0 Å². The Morgan fingerprint density at radius 3 is 2.64 bits per heavy atom. The first-order valence-corrected chi connectivity index (χ1v) is 7.65. The van der Waals surface area contributed by atoms with Crippen molar-refractivity contribution >= 4 is 23.3 Å². The number of hydrogen-bond donors (Lipinski definition) is 0. The van der Waals surface area contributed by atoms with Gasteiger partial charge in [-0.05, 0) is 22.9 Å². The molecule has 0 N–H and O–H groups in total. The summed E-state index contributed by atoms with van der Waals surface area (Å²) in [5.41, 5.74) is 0.657. The molecule has 0 radical (unpaired) electrons. The Morgan fingerprint density at radius 1 is 1.28 bits per heavy atom. The number of nitrogens with zero attached hydrogens (tertiary/aromatic N) is 3. The highest BCUT2D eigenvalue weighted by atomic mass is 16.6. The normalized spacial score (nSPS) is 16.1. The van der Waals surface area contributed by atoms with Gasteiger partial charge in [0.1, 0.15) is 5.78 Å². The van der Waals surface area contributed by atoms with Crippen LogP contribution in [0.2, 0.25) is 0 Å². The molecule has 1 aliphatic rings. The number of nitro groups is 1. The topological polar surface area (TPSA) is 103 Å². The van der Waals surface area contributed by atoms with Crippen LogP contribution in [0.5, 0.6) is 5.75 Å². The molecule has 2 heterocycles. The molecular formula is C17H15N3O5. The zero-order valence-corrected chi connectivity index (χ0v) is 13.4. The van der Waals surface area contributed by atoms with Crippen molar-refractivity contribution in [2.45, 2.75) is 19.4 Å². The van der Waals surface area contributed by atoms with Gasteiger partial charge in [-0.25, -0.2) is 0 Å². The van der Waals surface area contributed by atoms with Crippen LogP contribution in [0.3, 0.4) is 0 Å². The van der Waals surface area contributed by atoms with Crippen molar-refractivity contribution in [3.8, 4) is 5.75 Å². The van der Waals surface area contributed by atoms with Gasteiger partial charge in [-0.3, -0.25) is 14.5 Å². The van der Waals surface area contributed by atoms with Crippen LogP contribution in [0.4, 0.5) is 11.6 Å². The maximum atomic E-state index is 12.9. The van der Waals surface area contributed by atoms with Crippen molar-refractivity contribution in [2.75, 3.05) is 11.4 Å². The maximum absolute atomic E-state index is 12.9. The van der Waals surface area contributed by atoms with Crippen molar-refractivity contribution in [2.24, 2.45) is 0 Å². The molecule has 0 saturated carbocycles. The molecule has 1 unspecified atom stereocenters. The minimum atomic E-state index is -0.885. The molecule has 25 heavy (non-hydrogen) atoms. The third-order valence-corrected chi connectivity index (χ3v) is 3.79. The zero-order valence-electron chi connectivity index (χ0n) is 13.4. The predicted octanol–water partition coefficient (Wildman–Crippen LogP) is 2.44. The Hall–Kier alpha value is -3.29. The summed E-state index contributed by atoms with van der Waals surface area (Å²) in [6.07, 6.45) is -0.763. The highest BCUT2D eigenvalue weighted by molar-refractivity contribution is 6.00. The Labute approximate surface area is 143 Å². The number of benzene rings is 1. The van der Waals surface area contributed by atoms with Gasteiger partial charge in [0.2, 0.25) is 6.10 Å². The number of ketones is 1. The number of pyridine rings is 1. The van der Waals surface area contributed by atoms with E-state index < -0.39 is 16.9 Å². The lowest BCUT2D eigenvalue weighted by molar-refractivity contribution is -0.389. The first-order valence-electron chi connectivity index (χ1n) is 7.65. The van der Waals surface area contributed by atoms with Gasteiger partial charge in [0, 0.05) is 24.6 Å². The highest BCUT2D eigenvalue weighted by Crippen LogP contribution is 2.38. The summed E-state index contributed by atoms with van der Waals surface area (Å²) in [6.45, 7) is 1.50. The number of aromatic nitrogens is 1. The summed E-state index contributed by atoms with van der Waals surface area (Å²) in [6, 6.07) is 11.6. The van der Waals surface area contributed by atoms with E-state index in [1.807, 2.05) is 6.07 Å². The summed E-state index contributed by atoms with van der Waals surface area (Å²) >= 11 is 0. The molecule has 8 nitrogen and oxygen atoms in total. The standard InChI is InChI=1S/C17H15N3O5/c1-11(21)9-10-19-16-13(7-8-14(18-16)20(23)24)25-15(17(19)22)12-5-3-2-4-6-12/h2-8,15H,9-10H2,1H3. The van der Waals surface area contributed by atoms with Crippen molar-refractivity contribution in [1.82, 2.24) is 4.98 Å². The van der Waals surface area contributed by atoms with Crippen LogP contribution in [-0.4, -0.2) is 28.1 Å². The smallest absolute Gasteiger partial charge is 0.366 e. The van der Waals surface area contributed by atoms with Crippen molar-refractivity contribution in [3.05, 3.63) is 58.1 Å². The Kier molecular flexibility index (Phi) is 4.42. The van der Waals surface area contributed by atoms with E-state index in [1.165, 1.54) is 24.0 Å². The van der Waals surface area contributed by atoms with Crippen LogP contribution < -0.4 is 9.64 Å². The van der Waals surface area contributed by atoms with Gasteiger partial charge >= 0.3 is 5.82 Å². The number of fused-ring (bicyclic) bond motifs is 1. The Bertz CT molecular complexity index is 837. The van der Waals surface area contributed by atoms with Gasteiger partial charge in [0.05, 0.1) is 0 Å². The molecule has 0 spiro atoms. The molecule has 3 rings (SSSR count). The number of hydrogen-bond acceptors (Lipinski definition) is 6. The van der Waals surface area contributed by atoms with Crippen LogP contribution in [0.1, 0.15) is 25.0 Å². The van der Waals surface area contributed by atoms with Crippen molar-refractivity contribution < 1.29 is 19.2 Å². The molecule has 1 aromatic heterocycles. The van der Waals surface area contributed by atoms with E-state index in [1.54, 1.807) is 24.3 Å². The van der Waals surface area contributed by atoms with E-state index in [2.05, 4.69) is 4.98 Å². The van der Waals surface area contributed by atoms with Gasteiger partial charge < -0.3 is 14.9 Å². The van der Waals surface area contributed by atoms with Crippen molar-refractivity contribution in [3.63, 3.8) is 0 Å². The maximum Gasteiger partial charge on any atom is 0.366 e. The molecule has 1 atom stereocenters. The molecule has 8 heteroatoms. The van der Waals surface area contributed by atoms with Gasteiger partial charge in [-0.2, -0.15) is 0 Å². The molecule has 1 aliphatic heterocycles. The van der Waals surface area contributed by atoms with Crippen LogP contribution >= 0.6 is 0 Å². The second kappa shape index (κ2) is 6.68. The lowest BCUT2D eigenvalue weighted by Crippen LogP contribution is -2.42. The minimum Gasteiger partial charge on any atom is -0.469 e. The second-order valence-electron chi connectivity index (χ2n) is 5.60. The van der Waals surface area contributed by atoms with E-state index >= 15 is 0 Å². The molecule has 1 aromatic carbocycles. The monoisotopic (exact) mass is 341 g/mol. The van der Waals surface area contributed by atoms with Gasteiger partial charge in [0.25, 0.3) is 11.7 Å². The van der Waals surface area contributed by atoms with Crippen LogP contribution in [0.15, 0.2) is 42.5 Å². The summed E-state index contributed by atoms with van der Waals surface area (Å²) in [7, 11) is 0. The first kappa shape index (κ1) is 16.6. The SMILES string of the molecule is CC(=O)CCN1C(=O)C(c2ccccc2)Oc2ccc([N+](=O)[O-])nc21. The van der Waals surface area contributed by atoms with Crippen LogP contribution in [-0.2, 0) is 9.59 Å². The summed E-state index contributed by atoms with van der Waals surface area (Å²) in [5.74, 6) is -0.563. The van der Waals surface area contributed by atoms with E-state index in [4.69, 9.17) is 4.74 Å². The lowest BCUT2D eigenvalue weighted by atomic mass is 10.1. The number of amides is 1. The fraction of sp³-hybridized carbons (Fsp3) is 0.235. The lowest BCUT2D eigenvalue weighted by Gasteiger charge is -2.31. The number of rotatable bonds is 5. The molecular weight excluding hydrogens is 326 g/mol. The molecule has 0 saturated heterocycles. The number of carbonyl (C=O) groups excluding carboxylic acids is 2. The summed E-state index contributed by atoms with van der Waals surface area (Å²) < 4.78 is 5.74. The molecule has 1 amide bonds. The van der Waals surface area contributed by atoms with E-state index in [0.717, 1.165) is 0 Å². The molecule has 0 bridgehead atoms. The van der Waals surface area contributed by atoms with E-state index in [-0.39, 0.29) is 36.1 Å². The summed E-state index contributed by atoms with van der Waals surface area (Å²) in [4.78, 5) is 39.7. The summed E-state index contributed by atoms with van der Waals surface area (Å²) in [5, 5.41) is 11.0. The van der Waals surface area contributed by atoms with E-state index in [9.17, 15) is 19.7 Å². The Balaban J connectivity index is 2.03. The number of Topliss-reactive ketones (excluding diaryl/α,β-unsaturated/α-hetero) is 1. The molecule has 0 fully saturated rings. The third-order valence-electron chi connectivity index (χ3n) is 3.79. The largest absolute Gasteiger partial charge is 0.469 e. The number of ether oxygens (including phenoxy) is 1. The minimum absolute atomic E-state index is 0.0626. The highest BCUT2D eigenvalue weighted by Gasteiger charge is 2.39. The van der Waals surface area contributed by atoms with Crippen molar-refractivity contribution in [1.29, 1.82) is 0 Å². The second-order valence-corrected chi connectivity index (χ2v) is 5.60. The average Bonchev–Trinajstić information content (AvgIpc) is 2.60. The zero-order chi connectivity index (χ0) is 18.0. The molecule has 0 aliphatic carbocycles. The van der Waals surface area contributed by atoms with Gasteiger partial charge in [-0.1, -0.05) is 30.3 Å². The third kappa shape index (κ3) is 3.32. The van der Waals surface area contributed by atoms with Crippen LogP contribution in [0, 0.1) is 10.1 Å². The number of carbonyl (C=O) groups is 2. The van der Waals surface area contributed by atoms with E-state index in [0.29, 0.717) is 5.56 Å². The number of anilines is 1. The molecule has 2 aromatic rings. The fourth-order valence-corrected chi connectivity index (χ4v) is 2.56. The quantitative estimate of drug-likeness (QED) is 0.611. The van der Waals surface area contributed by atoms with Gasteiger partial charge in [-0.15, -0.1) is 0 Å². The first-order chi connectivity index (χ1) is 12.0. The Morgan fingerprint density at radius 2 is 2.00 bits per heavy atom. The fourth-order valence-electron chi connectivity index (χ4n) is 2.56. The predicted molar refractivity (Wildman–Crippen MR) is 88.4 cm³/mol.